The minimum atomic E-state index is 0.0908. The van der Waals surface area contributed by atoms with Crippen molar-refractivity contribution in [1.82, 2.24) is 20.8 Å². The zero-order valence-corrected chi connectivity index (χ0v) is 14.9. The third-order valence-electron chi connectivity index (χ3n) is 5.01. The van der Waals surface area contributed by atoms with Gasteiger partial charge in [0.05, 0.1) is 6.54 Å². The van der Waals surface area contributed by atoms with Crippen molar-refractivity contribution in [3.63, 3.8) is 0 Å². The summed E-state index contributed by atoms with van der Waals surface area (Å²) in [5.41, 5.74) is 1.51. The van der Waals surface area contributed by atoms with E-state index in [9.17, 15) is 4.79 Å². The van der Waals surface area contributed by atoms with Gasteiger partial charge in [-0.1, -0.05) is 11.6 Å². The Morgan fingerprint density at radius 3 is 3.08 bits per heavy atom. The van der Waals surface area contributed by atoms with Crippen molar-refractivity contribution >= 4 is 11.7 Å². The molecule has 6 heteroatoms. The smallest absolute Gasteiger partial charge is 0.233 e. The molecule has 2 aliphatic rings. The predicted molar refractivity (Wildman–Crippen MR) is 99.4 cm³/mol. The second-order valence-electron chi connectivity index (χ2n) is 6.96. The quantitative estimate of drug-likeness (QED) is 0.742. The zero-order valence-electron chi connectivity index (χ0n) is 14.9. The molecule has 1 amide bonds. The monoisotopic (exact) mass is 343 g/mol. The van der Waals surface area contributed by atoms with E-state index in [1.54, 1.807) is 6.20 Å². The molecular formula is C19H29N5O. The Labute approximate surface area is 150 Å². The third-order valence-corrected chi connectivity index (χ3v) is 5.01. The number of hydrogen-bond acceptors (Lipinski definition) is 5. The van der Waals surface area contributed by atoms with Crippen molar-refractivity contribution < 1.29 is 4.79 Å². The summed E-state index contributed by atoms with van der Waals surface area (Å²) in [5, 5.41) is 14.6. The summed E-state index contributed by atoms with van der Waals surface area (Å²) in [6, 6.07) is 4.22. The molecule has 2 heterocycles. The number of nitrogens with one attached hydrogen (secondary N) is 2. The molecule has 1 aliphatic heterocycles. The molecule has 1 aromatic rings. The second-order valence-corrected chi connectivity index (χ2v) is 6.96. The molecule has 1 atom stereocenters. The molecule has 1 aromatic heterocycles. The van der Waals surface area contributed by atoms with Crippen LogP contribution in [0.15, 0.2) is 30.0 Å². The minimum absolute atomic E-state index is 0.0908. The molecule has 1 aliphatic carbocycles. The topological polar surface area (TPSA) is 70.2 Å². The number of rotatable bonds is 7. The van der Waals surface area contributed by atoms with Crippen LogP contribution in [0.1, 0.15) is 44.9 Å². The molecule has 25 heavy (non-hydrogen) atoms. The Bertz CT molecular complexity index is 574. The van der Waals surface area contributed by atoms with Crippen LogP contribution in [0.25, 0.3) is 0 Å². The third kappa shape index (κ3) is 5.81. The fraction of sp³-hybridized carbons (Fsp3) is 0.632. The number of anilines is 1. The van der Waals surface area contributed by atoms with E-state index >= 15 is 0 Å². The lowest BCUT2D eigenvalue weighted by Crippen LogP contribution is -2.48. The first-order chi connectivity index (χ1) is 12.3. The first-order valence-corrected chi connectivity index (χ1v) is 9.52. The van der Waals surface area contributed by atoms with Gasteiger partial charge in [0.2, 0.25) is 5.91 Å². The summed E-state index contributed by atoms with van der Waals surface area (Å²) in [5.74, 6) is 1.01. The largest absolute Gasteiger partial charge is 0.355 e. The lowest BCUT2D eigenvalue weighted by atomic mass is 9.97. The van der Waals surface area contributed by atoms with Crippen LogP contribution in [-0.4, -0.2) is 48.3 Å². The molecule has 0 aromatic carbocycles. The molecule has 1 saturated heterocycles. The van der Waals surface area contributed by atoms with Crippen molar-refractivity contribution in [2.45, 2.75) is 51.0 Å². The Hall–Kier alpha value is -1.95. The van der Waals surface area contributed by atoms with Gasteiger partial charge in [0.1, 0.15) is 0 Å². The van der Waals surface area contributed by atoms with Gasteiger partial charge in [0.15, 0.2) is 5.82 Å². The van der Waals surface area contributed by atoms with Crippen LogP contribution in [0.5, 0.6) is 0 Å². The van der Waals surface area contributed by atoms with Gasteiger partial charge in [0, 0.05) is 31.9 Å². The van der Waals surface area contributed by atoms with Gasteiger partial charge in [-0.2, -0.15) is 5.10 Å². The molecule has 2 N–H and O–H groups in total. The van der Waals surface area contributed by atoms with Crippen molar-refractivity contribution in [3.8, 4) is 0 Å². The lowest BCUT2D eigenvalue weighted by Gasteiger charge is -2.33. The molecule has 0 radical (unpaired) electrons. The maximum atomic E-state index is 12.0. The van der Waals surface area contributed by atoms with Crippen molar-refractivity contribution in [2.24, 2.45) is 0 Å². The van der Waals surface area contributed by atoms with Crippen LogP contribution in [0.3, 0.4) is 0 Å². The van der Waals surface area contributed by atoms with Crippen LogP contribution < -0.4 is 15.5 Å². The van der Waals surface area contributed by atoms with Crippen LogP contribution in [0, 0.1) is 0 Å². The number of allylic oxidation sites excluding steroid dienone is 1. The standard InChI is InChI=1S/C19H29N5O/c25-19(20-12-10-16-6-2-1-3-7-16)14-21-17-8-5-13-24(15-17)18-9-4-11-22-23-18/h4,6,9,11,17,21H,1-3,5,7-8,10,12-15H2,(H,20,25)/t17-/m0/s1. The number of carbonyl (C=O) groups excluding carboxylic acids is 1. The number of carbonyl (C=O) groups is 1. The van der Waals surface area contributed by atoms with Gasteiger partial charge < -0.3 is 15.5 Å². The molecular weight excluding hydrogens is 314 g/mol. The number of aromatic nitrogens is 2. The van der Waals surface area contributed by atoms with Gasteiger partial charge in [0.25, 0.3) is 0 Å². The fourth-order valence-corrected chi connectivity index (χ4v) is 3.61. The highest BCUT2D eigenvalue weighted by Crippen LogP contribution is 2.19. The minimum Gasteiger partial charge on any atom is -0.355 e. The van der Waals surface area contributed by atoms with Gasteiger partial charge in [-0.25, -0.2) is 0 Å². The first-order valence-electron chi connectivity index (χ1n) is 9.52. The zero-order chi connectivity index (χ0) is 17.3. The van der Waals surface area contributed by atoms with Crippen LogP contribution in [0.2, 0.25) is 0 Å². The predicted octanol–water partition coefficient (Wildman–Crippen LogP) is 2.04. The highest BCUT2D eigenvalue weighted by atomic mass is 16.1. The van der Waals surface area contributed by atoms with Crippen LogP contribution in [0.4, 0.5) is 5.82 Å². The summed E-state index contributed by atoms with van der Waals surface area (Å²) in [6.07, 6.45) is 12.2. The van der Waals surface area contributed by atoms with Crippen molar-refractivity contribution in [2.75, 3.05) is 31.1 Å². The van der Waals surface area contributed by atoms with E-state index in [2.05, 4.69) is 31.8 Å². The maximum absolute atomic E-state index is 12.0. The second kappa shape index (κ2) is 9.51. The van der Waals surface area contributed by atoms with E-state index in [0.717, 1.165) is 44.7 Å². The van der Waals surface area contributed by atoms with Crippen LogP contribution >= 0.6 is 0 Å². The average molecular weight is 343 g/mol. The van der Waals surface area contributed by atoms with E-state index in [4.69, 9.17) is 0 Å². The van der Waals surface area contributed by atoms with Gasteiger partial charge in [-0.3, -0.25) is 4.79 Å². The molecule has 1 fully saturated rings. The van der Waals surface area contributed by atoms with Crippen molar-refractivity contribution in [3.05, 3.63) is 30.0 Å². The summed E-state index contributed by atoms with van der Waals surface area (Å²) in [6.45, 7) is 3.01. The molecule has 0 unspecified atom stereocenters. The van der Waals surface area contributed by atoms with Crippen LogP contribution in [-0.2, 0) is 4.79 Å². The Balaban J connectivity index is 1.34. The van der Waals surface area contributed by atoms with Gasteiger partial charge >= 0.3 is 0 Å². The molecule has 3 rings (SSSR count). The van der Waals surface area contributed by atoms with E-state index in [1.165, 1.54) is 31.3 Å². The number of piperidine rings is 1. The highest BCUT2D eigenvalue weighted by molar-refractivity contribution is 5.78. The first kappa shape index (κ1) is 17.9. The molecule has 136 valence electrons. The number of nitrogens with zero attached hydrogens (tertiary/aromatic N) is 3. The Morgan fingerprint density at radius 2 is 2.28 bits per heavy atom. The molecule has 0 saturated carbocycles. The van der Waals surface area contributed by atoms with E-state index in [-0.39, 0.29) is 5.91 Å². The number of amides is 1. The molecule has 0 spiro atoms. The Kier molecular flexibility index (Phi) is 6.79. The highest BCUT2D eigenvalue weighted by Gasteiger charge is 2.21. The van der Waals surface area contributed by atoms with Gasteiger partial charge in [-0.15, -0.1) is 5.10 Å². The van der Waals surface area contributed by atoms with Gasteiger partial charge in [-0.05, 0) is 57.1 Å². The Morgan fingerprint density at radius 1 is 1.32 bits per heavy atom. The molecule has 6 nitrogen and oxygen atoms in total. The lowest BCUT2D eigenvalue weighted by molar-refractivity contribution is -0.120. The normalized spacial score (nSPS) is 20.9. The van der Waals surface area contributed by atoms with E-state index in [0.29, 0.717) is 12.6 Å². The summed E-state index contributed by atoms with van der Waals surface area (Å²) >= 11 is 0. The van der Waals surface area contributed by atoms with E-state index in [1.807, 2.05) is 12.1 Å². The SMILES string of the molecule is O=C(CN[C@H]1CCCN(c2cccnn2)C1)NCCC1=CCCCC1. The average Bonchev–Trinajstić information content (AvgIpc) is 2.68. The molecule has 0 bridgehead atoms. The summed E-state index contributed by atoms with van der Waals surface area (Å²) in [4.78, 5) is 14.3. The summed E-state index contributed by atoms with van der Waals surface area (Å²) < 4.78 is 0. The number of hydrogen-bond donors (Lipinski definition) is 2. The fourth-order valence-electron chi connectivity index (χ4n) is 3.61. The summed E-state index contributed by atoms with van der Waals surface area (Å²) in [7, 11) is 0. The van der Waals surface area contributed by atoms with E-state index < -0.39 is 0 Å². The maximum Gasteiger partial charge on any atom is 0.233 e. The van der Waals surface area contributed by atoms with Crippen molar-refractivity contribution in [1.29, 1.82) is 0 Å².